The van der Waals surface area contributed by atoms with Crippen molar-refractivity contribution in [1.29, 1.82) is 0 Å². The fraction of sp³-hybridized carbons (Fsp3) is 0.535. The van der Waals surface area contributed by atoms with Gasteiger partial charge in [-0.05, 0) is 27.0 Å². The largest absolute Gasteiger partial charge is 0.507 e. The molecule has 6 rings (SSSR count). The first-order chi connectivity index (χ1) is 27.7. The molecule has 59 heavy (non-hydrogen) atoms. The number of nitrogens with zero attached hydrogens (tertiary/aromatic N) is 3. The van der Waals surface area contributed by atoms with E-state index < -0.39 is 106 Å². The molecule has 1 aromatic carbocycles. The number of phenolic OH excluding ortho intramolecular Hbond substituents is 1. The Kier molecular flexibility index (Phi) is 13.7. The van der Waals surface area contributed by atoms with E-state index in [1.807, 2.05) is 7.05 Å². The van der Waals surface area contributed by atoms with Gasteiger partial charge >= 0.3 is 11.8 Å². The molecule has 0 spiro atoms. The number of ketones is 3. The maximum absolute atomic E-state index is 14.6. The minimum Gasteiger partial charge on any atom is -0.507 e. The summed E-state index contributed by atoms with van der Waals surface area (Å²) in [5, 5.41) is 43.1. The van der Waals surface area contributed by atoms with Crippen LogP contribution in [0.2, 0.25) is 0 Å². The van der Waals surface area contributed by atoms with Gasteiger partial charge < -0.3 is 44.5 Å². The number of phenols is 1. The van der Waals surface area contributed by atoms with Crippen molar-refractivity contribution in [2.75, 3.05) is 40.3 Å². The van der Waals surface area contributed by atoms with Gasteiger partial charge in [-0.15, -0.1) is 0 Å². The maximum atomic E-state index is 14.6. The number of hydrogen-bond acceptors (Lipinski definition) is 15. The van der Waals surface area contributed by atoms with Gasteiger partial charge in [-0.1, -0.05) is 45.9 Å². The Morgan fingerprint density at radius 2 is 1.61 bits per heavy atom. The summed E-state index contributed by atoms with van der Waals surface area (Å²) in [6.45, 7) is 14.8. The number of carbonyl (C=O) groups is 5. The van der Waals surface area contributed by atoms with Crippen LogP contribution < -0.4 is 10.1 Å². The molecule has 3 unspecified atom stereocenters. The third-order valence-electron chi connectivity index (χ3n) is 11.8. The molecule has 16 nitrogen and oxygen atoms in total. The topological polar surface area (TPSA) is 214 Å². The van der Waals surface area contributed by atoms with Crippen LogP contribution in [0, 0.1) is 30.6 Å². The first-order valence-electron chi connectivity index (χ1n) is 19.7. The molecule has 0 radical (unpaired) electrons. The van der Waals surface area contributed by atoms with E-state index in [1.165, 1.54) is 59.4 Å². The summed E-state index contributed by atoms with van der Waals surface area (Å²) in [6.07, 6.45) is 4.56. The van der Waals surface area contributed by atoms with E-state index in [0.717, 1.165) is 0 Å². The molecule has 0 aromatic heterocycles. The van der Waals surface area contributed by atoms with Crippen LogP contribution in [0.1, 0.15) is 85.1 Å². The number of hydrogen-bond donors (Lipinski definition) is 4. The van der Waals surface area contributed by atoms with E-state index in [9.17, 15) is 39.3 Å². The van der Waals surface area contributed by atoms with Crippen molar-refractivity contribution in [1.82, 2.24) is 15.2 Å². The second kappa shape index (κ2) is 18.0. The number of likely N-dealkylation sites (N-methyl/N-ethyl adjacent to an activating group) is 1. The molecule has 1 aromatic rings. The second-order valence-electron chi connectivity index (χ2n) is 16.1. The number of methoxy groups -OCH3 is 1. The molecule has 320 valence electrons. The van der Waals surface area contributed by atoms with Gasteiger partial charge in [0.05, 0.1) is 53.1 Å². The van der Waals surface area contributed by atoms with E-state index in [1.54, 1.807) is 44.9 Å². The minimum absolute atomic E-state index is 0.0118. The number of allylic oxidation sites excluding steroid dienone is 4. The maximum Gasteiger partial charge on any atom is 0.312 e. The SMILES string of the molecule is CO[C@H]1/C=C/O[C@@]2(C)Oc3c(C)c(O)c4c(c3C2=O)C(=O)C(/C=N/N2CCN(C)CC2)=C(NC(=O)/C(C)=C\C=C\[C@H](C)[C@H](O)[C@@H](C)[C@@H](O)C(C)C(OC(C)=O)C1C)C4=O. The van der Waals surface area contributed by atoms with Crippen molar-refractivity contribution < 1.29 is 58.2 Å². The lowest BCUT2D eigenvalue weighted by atomic mass is 9.78. The number of amides is 1. The number of aliphatic hydroxyl groups excluding tert-OH is 2. The molecule has 4 aliphatic heterocycles. The molecular formula is C43H56N4O12. The molecular weight excluding hydrogens is 764 g/mol. The first kappa shape index (κ1) is 44.9. The Bertz CT molecular complexity index is 2030. The van der Waals surface area contributed by atoms with Gasteiger partial charge in [-0.2, -0.15) is 5.10 Å². The average Bonchev–Trinajstić information content (AvgIpc) is 3.46. The number of piperazine rings is 1. The normalized spacial score (nSPS) is 33.3. The number of fused-ring (bicyclic) bond motifs is 14. The molecule has 4 heterocycles. The van der Waals surface area contributed by atoms with Crippen molar-refractivity contribution in [2.24, 2.45) is 28.8 Å². The molecule has 1 aliphatic carbocycles. The molecule has 16 heteroatoms. The van der Waals surface area contributed by atoms with Crippen LogP contribution in [0.15, 0.2) is 52.5 Å². The Labute approximate surface area is 344 Å². The molecule has 5 aliphatic rings. The van der Waals surface area contributed by atoms with E-state index >= 15 is 0 Å². The third-order valence-corrected chi connectivity index (χ3v) is 11.8. The van der Waals surface area contributed by atoms with Gasteiger partial charge in [0.15, 0.2) is 5.78 Å². The number of Topliss-reactive ketones (excluding diaryl/α,β-unsaturated/α-hetero) is 3. The highest BCUT2D eigenvalue weighted by Crippen LogP contribution is 2.48. The van der Waals surface area contributed by atoms with Gasteiger partial charge in [0.1, 0.15) is 23.3 Å². The van der Waals surface area contributed by atoms with Crippen LogP contribution >= 0.6 is 0 Å². The summed E-state index contributed by atoms with van der Waals surface area (Å²) in [4.78, 5) is 71.6. The van der Waals surface area contributed by atoms with E-state index in [2.05, 4.69) is 15.3 Å². The Morgan fingerprint density at radius 3 is 2.24 bits per heavy atom. The number of benzene rings is 1. The molecule has 0 saturated carbocycles. The van der Waals surface area contributed by atoms with E-state index in [0.29, 0.717) is 26.2 Å². The number of aliphatic hydroxyl groups is 2. The van der Waals surface area contributed by atoms with Crippen LogP contribution in [0.25, 0.3) is 0 Å². The van der Waals surface area contributed by atoms with E-state index in [4.69, 9.17) is 18.9 Å². The molecule has 9 atom stereocenters. The Morgan fingerprint density at radius 1 is 0.949 bits per heavy atom. The molecule has 1 fully saturated rings. The second-order valence-corrected chi connectivity index (χ2v) is 16.1. The van der Waals surface area contributed by atoms with Crippen molar-refractivity contribution in [3.8, 4) is 11.5 Å². The number of hydrazone groups is 1. The fourth-order valence-corrected chi connectivity index (χ4v) is 7.89. The van der Waals surface area contributed by atoms with Crippen LogP contribution in [-0.4, -0.2) is 131 Å². The van der Waals surface area contributed by atoms with Crippen molar-refractivity contribution in [2.45, 2.75) is 85.6 Å². The van der Waals surface area contributed by atoms with Gasteiger partial charge in [-0.25, -0.2) is 0 Å². The summed E-state index contributed by atoms with van der Waals surface area (Å²) in [5.74, 6) is -9.34. The number of rotatable bonds is 4. The number of ether oxygens (including phenoxy) is 4. The summed E-state index contributed by atoms with van der Waals surface area (Å²) >= 11 is 0. The van der Waals surface area contributed by atoms with Crippen molar-refractivity contribution in [3.63, 3.8) is 0 Å². The predicted molar refractivity (Wildman–Crippen MR) is 216 cm³/mol. The number of esters is 1. The zero-order chi connectivity index (χ0) is 43.7. The summed E-state index contributed by atoms with van der Waals surface area (Å²) in [7, 11) is 3.39. The molecule has 4 N–H and O–H groups in total. The Balaban J connectivity index is 1.66. The van der Waals surface area contributed by atoms with Gasteiger partial charge in [-0.3, -0.25) is 29.0 Å². The number of aromatic hydroxyl groups is 1. The van der Waals surface area contributed by atoms with Crippen molar-refractivity contribution >= 4 is 35.4 Å². The highest BCUT2D eigenvalue weighted by molar-refractivity contribution is 6.37. The van der Waals surface area contributed by atoms with Gasteiger partial charge in [0, 0.05) is 81.9 Å². The fourth-order valence-electron chi connectivity index (χ4n) is 7.89. The smallest absolute Gasteiger partial charge is 0.312 e. The van der Waals surface area contributed by atoms with E-state index in [-0.39, 0.29) is 28.0 Å². The monoisotopic (exact) mass is 820 g/mol. The number of carbonyl (C=O) groups excluding carboxylic acids is 5. The quantitative estimate of drug-likeness (QED) is 0.254. The zero-order valence-electron chi connectivity index (χ0n) is 35.3. The lowest BCUT2D eigenvalue weighted by molar-refractivity contribution is -0.160. The van der Waals surface area contributed by atoms with Crippen LogP contribution in [-0.2, 0) is 23.8 Å². The number of nitrogens with one attached hydrogen (secondary N) is 1. The first-order valence-corrected chi connectivity index (χ1v) is 19.7. The summed E-state index contributed by atoms with van der Waals surface area (Å²) in [5.41, 5.74) is -1.82. The third kappa shape index (κ3) is 8.91. The lowest BCUT2D eigenvalue weighted by Gasteiger charge is -2.38. The van der Waals surface area contributed by atoms with Crippen LogP contribution in [0.3, 0.4) is 0 Å². The minimum atomic E-state index is -2.09. The van der Waals surface area contributed by atoms with Gasteiger partial charge in [0.25, 0.3) is 11.7 Å². The standard InChI is InChI=1S/C43H56N4O12/c1-21-12-11-13-22(2)42(55)45-33-28(20-44-47-17-15-46(9)16-18-47)37(52)30-31(38(33)53)36(51)26(6)40-32(30)41(54)43(8,59-40)57-19-14-29(56-10)23(3)39(58-27(7)48)25(5)35(50)24(4)34(21)49/h11-14,19-21,23-25,29,34-35,39,49-51H,15-18H2,1-10H3,(H,45,55)/b12-11+,19-14+,22-13-,44-20+/t21-,23?,24+,25?,29-,34-,35+,39?,43-/m0/s1. The summed E-state index contributed by atoms with van der Waals surface area (Å²) in [6, 6.07) is 0. The average molecular weight is 821 g/mol. The molecule has 5 bridgehead atoms. The Hall–Kier alpha value is -5.16. The van der Waals surface area contributed by atoms with Crippen LogP contribution in [0.4, 0.5) is 0 Å². The van der Waals surface area contributed by atoms with Gasteiger partial charge in [0.2, 0.25) is 5.78 Å². The molecule has 1 amide bonds. The lowest BCUT2D eigenvalue weighted by Crippen LogP contribution is -2.46. The highest BCUT2D eigenvalue weighted by Gasteiger charge is 2.52. The summed E-state index contributed by atoms with van der Waals surface area (Å²) < 4.78 is 23.5. The highest BCUT2D eigenvalue weighted by atomic mass is 16.7. The van der Waals surface area contributed by atoms with Crippen molar-refractivity contribution in [3.05, 3.63) is 69.7 Å². The predicted octanol–water partition coefficient (Wildman–Crippen LogP) is 3.23. The zero-order valence-corrected chi connectivity index (χ0v) is 35.3. The molecule has 1 saturated heterocycles. The van der Waals surface area contributed by atoms with Crippen LogP contribution in [0.5, 0.6) is 11.5 Å².